The van der Waals surface area contributed by atoms with Gasteiger partial charge in [-0.2, -0.15) is 0 Å². The number of ether oxygens (including phenoxy) is 1. The van der Waals surface area contributed by atoms with Gasteiger partial charge in [0.15, 0.2) is 0 Å². The molecule has 0 aromatic rings. The Kier molecular flexibility index (Phi) is 7.87. The summed E-state index contributed by atoms with van der Waals surface area (Å²) < 4.78 is 5.61. The molecule has 0 radical (unpaired) electrons. The lowest BCUT2D eigenvalue weighted by Gasteiger charge is -2.26. The van der Waals surface area contributed by atoms with E-state index in [1.54, 1.807) is 0 Å². The average Bonchev–Trinajstić information content (AvgIpc) is 2.73. The third kappa shape index (κ3) is 6.17. The van der Waals surface area contributed by atoms with Gasteiger partial charge in [0, 0.05) is 19.1 Å². The van der Waals surface area contributed by atoms with Gasteiger partial charge in [-0.25, -0.2) is 0 Å². The van der Waals surface area contributed by atoms with Crippen molar-refractivity contribution in [1.29, 1.82) is 0 Å². The first-order valence-corrected chi connectivity index (χ1v) is 7.67. The minimum atomic E-state index is 0.351. The van der Waals surface area contributed by atoms with Gasteiger partial charge in [-0.3, -0.25) is 0 Å². The fourth-order valence-electron chi connectivity index (χ4n) is 2.79. The van der Waals surface area contributed by atoms with Crippen LogP contribution in [-0.4, -0.2) is 50.3 Å². The number of rotatable bonds is 9. The molecule has 1 aliphatic carbocycles. The highest BCUT2D eigenvalue weighted by Gasteiger charge is 2.27. The van der Waals surface area contributed by atoms with Crippen molar-refractivity contribution in [2.24, 2.45) is 5.92 Å². The molecule has 0 aliphatic heterocycles. The SMILES string of the molecule is CCCNC1CCCC1CN(C)CCOC(C)C. The lowest BCUT2D eigenvalue weighted by molar-refractivity contribution is 0.0606. The van der Waals surface area contributed by atoms with Crippen LogP contribution in [0.5, 0.6) is 0 Å². The van der Waals surface area contributed by atoms with Gasteiger partial charge in [0.1, 0.15) is 0 Å². The second-order valence-corrected chi connectivity index (χ2v) is 5.93. The van der Waals surface area contributed by atoms with Gasteiger partial charge in [-0.15, -0.1) is 0 Å². The van der Waals surface area contributed by atoms with E-state index in [2.05, 4.69) is 38.0 Å². The van der Waals surface area contributed by atoms with Crippen LogP contribution in [0.15, 0.2) is 0 Å². The molecule has 0 spiro atoms. The smallest absolute Gasteiger partial charge is 0.0596 e. The number of nitrogens with one attached hydrogen (secondary N) is 1. The molecule has 0 heterocycles. The summed E-state index contributed by atoms with van der Waals surface area (Å²) in [7, 11) is 2.22. The lowest BCUT2D eigenvalue weighted by atomic mass is 10.0. The minimum Gasteiger partial charge on any atom is -0.377 e. The zero-order chi connectivity index (χ0) is 13.4. The standard InChI is InChI=1S/C15H32N2O/c1-5-9-16-15-8-6-7-14(15)12-17(4)10-11-18-13(2)3/h13-16H,5-12H2,1-4H3. The first-order valence-electron chi connectivity index (χ1n) is 7.67. The molecule has 2 unspecified atom stereocenters. The maximum absolute atomic E-state index is 5.61. The maximum Gasteiger partial charge on any atom is 0.0596 e. The Labute approximate surface area is 113 Å². The van der Waals surface area contributed by atoms with Crippen LogP contribution in [0.25, 0.3) is 0 Å². The van der Waals surface area contributed by atoms with Gasteiger partial charge in [0.25, 0.3) is 0 Å². The van der Waals surface area contributed by atoms with Crippen molar-refractivity contribution < 1.29 is 4.74 Å². The zero-order valence-corrected chi connectivity index (χ0v) is 12.7. The van der Waals surface area contributed by atoms with E-state index in [0.717, 1.165) is 25.1 Å². The van der Waals surface area contributed by atoms with E-state index < -0.39 is 0 Å². The molecule has 0 bridgehead atoms. The molecule has 0 amide bonds. The first-order chi connectivity index (χ1) is 8.63. The largest absolute Gasteiger partial charge is 0.377 e. The van der Waals surface area contributed by atoms with Crippen molar-refractivity contribution in [3.05, 3.63) is 0 Å². The molecule has 18 heavy (non-hydrogen) atoms. The van der Waals surface area contributed by atoms with E-state index in [4.69, 9.17) is 4.74 Å². The van der Waals surface area contributed by atoms with Gasteiger partial charge < -0.3 is 15.0 Å². The summed E-state index contributed by atoms with van der Waals surface area (Å²) >= 11 is 0. The predicted molar refractivity (Wildman–Crippen MR) is 78.0 cm³/mol. The molecule has 108 valence electrons. The lowest BCUT2D eigenvalue weighted by Crippen LogP contribution is -2.39. The van der Waals surface area contributed by atoms with Crippen LogP contribution in [0, 0.1) is 5.92 Å². The normalized spacial score (nSPS) is 24.3. The summed E-state index contributed by atoms with van der Waals surface area (Å²) in [6, 6.07) is 0.749. The third-order valence-electron chi connectivity index (χ3n) is 3.79. The van der Waals surface area contributed by atoms with E-state index in [1.807, 2.05) is 0 Å². The summed E-state index contributed by atoms with van der Waals surface area (Å²) in [5, 5.41) is 3.70. The summed E-state index contributed by atoms with van der Waals surface area (Å²) in [6.45, 7) is 10.7. The number of nitrogens with zero attached hydrogens (tertiary/aromatic N) is 1. The summed E-state index contributed by atoms with van der Waals surface area (Å²) in [4.78, 5) is 2.43. The van der Waals surface area contributed by atoms with Crippen molar-refractivity contribution in [2.75, 3.05) is 33.3 Å². The van der Waals surface area contributed by atoms with Crippen LogP contribution in [0.1, 0.15) is 46.5 Å². The van der Waals surface area contributed by atoms with E-state index in [-0.39, 0.29) is 0 Å². The zero-order valence-electron chi connectivity index (χ0n) is 12.7. The van der Waals surface area contributed by atoms with Crippen LogP contribution in [0.4, 0.5) is 0 Å². The number of hydrogen-bond donors (Lipinski definition) is 1. The molecule has 1 fully saturated rings. The molecule has 1 rings (SSSR count). The molecule has 0 aromatic heterocycles. The van der Waals surface area contributed by atoms with E-state index >= 15 is 0 Å². The van der Waals surface area contributed by atoms with Crippen molar-refractivity contribution in [1.82, 2.24) is 10.2 Å². The predicted octanol–water partition coefficient (Wildman–Crippen LogP) is 2.51. The van der Waals surface area contributed by atoms with Crippen LogP contribution < -0.4 is 5.32 Å². The van der Waals surface area contributed by atoms with Gasteiger partial charge >= 0.3 is 0 Å². The molecule has 1 saturated carbocycles. The quantitative estimate of drug-likeness (QED) is 0.686. The maximum atomic E-state index is 5.61. The van der Waals surface area contributed by atoms with E-state index in [9.17, 15) is 0 Å². The number of likely N-dealkylation sites (N-methyl/N-ethyl adjacent to an activating group) is 1. The molecule has 3 nitrogen and oxygen atoms in total. The molecule has 1 N–H and O–H groups in total. The molecule has 2 atom stereocenters. The van der Waals surface area contributed by atoms with E-state index in [0.29, 0.717) is 6.10 Å². The molecular weight excluding hydrogens is 224 g/mol. The summed E-state index contributed by atoms with van der Waals surface area (Å²) in [5.74, 6) is 0.834. The second-order valence-electron chi connectivity index (χ2n) is 5.93. The van der Waals surface area contributed by atoms with Gasteiger partial charge in [-0.05, 0) is 52.6 Å². The Hall–Kier alpha value is -0.120. The summed E-state index contributed by atoms with van der Waals surface area (Å²) in [6.07, 6.45) is 5.73. The third-order valence-corrected chi connectivity index (χ3v) is 3.79. The van der Waals surface area contributed by atoms with Crippen molar-refractivity contribution in [2.45, 2.75) is 58.6 Å². The Bertz CT molecular complexity index is 209. The summed E-state index contributed by atoms with van der Waals surface area (Å²) in [5.41, 5.74) is 0. The fourth-order valence-corrected chi connectivity index (χ4v) is 2.79. The Balaban J connectivity index is 2.18. The van der Waals surface area contributed by atoms with Crippen LogP contribution in [0.2, 0.25) is 0 Å². The molecule has 0 aromatic carbocycles. The van der Waals surface area contributed by atoms with Crippen LogP contribution in [0.3, 0.4) is 0 Å². The first kappa shape index (κ1) is 15.9. The van der Waals surface area contributed by atoms with Crippen molar-refractivity contribution >= 4 is 0 Å². The second kappa shape index (κ2) is 8.89. The molecule has 3 heteroatoms. The molecular formula is C15H32N2O. The number of hydrogen-bond acceptors (Lipinski definition) is 3. The van der Waals surface area contributed by atoms with Crippen LogP contribution in [-0.2, 0) is 4.74 Å². The van der Waals surface area contributed by atoms with Gasteiger partial charge in [0.2, 0.25) is 0 Å². The topological polar surface area (TPSA) is 24.5 Å². The minimum absolute atomic E-state index is 0.351. The van der Waals surface area contributed by atoms with Gasteiger partial charge in [0.05, 0.1) is 12.7 Å². The Morgan fingerprint density at radius 3 is 2.78 bits per heavy atom. The highest BCUT2D eigenvalue weighted by molar-refractivity contribution is 4.84. The highest BCUT2D eigenvalue weighted by atomic mass is 16.5. The monoisotopic (exact) mass is 256 g/mol. The average molecular weight is 256 g/mol. The van der Waals surface area contributed by atoms with E-state index in [1.165, 1.54) is 38.8 Å². The Morgan fingerprint density at radius 2 is 2.11 bits per heavy atom. The molecule has 1 aliphatic rings. The fraction of sp³-hybridized carbons (Fsp3) is 1.00. The van der Waals surface area contributed by atoms with Crippen molar-refractivity contribution in [3.8, 4) is 0 Å². The Morgan fingerprint density at radius 1 is 1.33 bits per heavy atom. The van der Waals surface area contributed by atoms with Crippen LogP contribution >= 0.6 is 0 Å². The highest BCUT2D eigenvalue weighted by Crippen LogP contribution is 2.26. The van der Waals surface area contributed by atoms with Gasteiger partial charge in [-0.1, -0.05) is 13.3 Å². The molecule has 0 saturated heterocycles. The van der Waals surface area contributed by atoms with Crippen molar-refractivity contribution in [3.63, 3.8) is 0 Å².